The minimum absolute atomic E-state index is 0.540. The quantitative estimate of drug-likeness (QED) is 0.777. The lowest BCUT2D eigenvalue weighted by Gasteiger charge is -2.11. The summed E-state index contributed by atoms with van der Waals surface area (Å²) < 4.78 is 7.66. The highest BCUT2D eigenvalue weighted by atomic mass is 16.5. The third-order valence-electron chi connectivity index (χ3n) is 3.29. The summed E-state index contributed by atoms with van der Waals surface area (Å²) in [7, 11) is 1.91. The standard InChI is InChI=1S/C17H17N3O/c1-18-17-6-3-2-5-14(17)13-21-16-9-7-15(8-10-16)20-12-4-11-19-20/h2-12,18H,13H2,1H3. The average Bonchev–Trinajstić information content (AvgIpc) is 3.08. The molecule has 1 heterocycles. The maximum Gasteiger partial charge on any atom is 0.119 e. The van der Waals surface area contributed by atoms with Crippen molar-refractivity contribution in [3.8, 4) is 11.4 Å². The molecule has 0 saturated carbocycles. The van der Waals surface area contributed by atoms with Crippen LogP contribution in [0.5, 0.6) is 5.75 Å². The molecule has 2 aromatic carbocycles. The third kappa shape index (κ3) is 3.05. The Hall–Kier alpha value is -2.75. The van der Waals surface area contributed by atoms with Crippen LogP contribution in [0.4, 0.5) is 5.69 Å². The van der Waals surface area contributed by atoms with Gasteiger partial charge in [0.15, 0.2) is 0 Å². The largest absolute Gasteiger partial charge is 0.489 e. The molecule has 0 amide bonds. The van der Waals surface area contributed by atoms with Gasteiger partial charge in [0.25, 0.3) is 0 Å². The molecule has 3 aromatic rings. The fraction of sp³-hybridized carbons (Fsp3) is 0.118. The molecule has 4 nitrogen and oxygen atoms in total. The van der Waals surface area contributed by atoms with Crippen molar-refractivity contribution in [2.24, 2.45) is 0 Å². The number of benzene rings is 2. The molecule has 0 fully saturated rings. The summed E-state index contributed by atoms with van der Waals surface area (Å²) in [5.74, 6) is 0.844. The lowest BCUT2D eigenvalue weighted by Crippen LogP contribution is -2.00. The molecular weight excluding hydrogens is 262 g/mol. The summed E-state index contributed by atoms with van der Waals surface area (Å²) in [6.07, 6.45) is 3.68. The Morgan fingerprint density at radius 1 is 1.05 bits per heavy atom. The summed E-state index contributed by atoms with van der Waals surface area (Å²) in [6.45, 7) is 0.540. The van der Waals surface area contributed by atoms with E-state index in [0.29, 0.717) is 6.61 Å². The van der Waals surface area contributed by atoms with Gasteiger partial charge in [0.1, 0.15) is 12.4 Å². The van der Waals surface area contributed by atoms with Gasteiger partial charge in [-0.25, -0.2) is 4.68 Å². The van der Waals surface area contributed by atoms with Crippen molar-refractivity contribution in [3.05, 3.63) is 72.6 Å². The SMILES string of the molecule is CNc1ccccc1COc1ccc(-n2cccn2)cc1. The number of nitrogens with zero attached hydrogens (tertiary/aromatic N) is 2. The highest BCUT2D eigenvalue weighted by molar-refractivity contribution is 5.50. The first-order valence-corrected chi connectivity index (χ1v) is 6.85. The van der Waals surface area contributed by atoms with Crippen LogP contribution in [-0.2, 0) is 6.61 Å². The highest BCUT2D eigenvalue weighted by Crippen LogP contribution is 2.19. The second-order valence-electron chi connectivity index (χ2n) is 4.64. The molecule has 0 spiro atoms. The first-order chi connectivity index (χ1) is 10.4. The van der Waals surface area contributed by atoms with E-state index in [9.17, 15) is 0 Å². The summed E-state index contributed by atoms with van der Waals surface area (Å²) >= 11 is 0. The Balaban J connectivity index is 1.68. The topological polar surface area (TPSA) is 39.1 Å². The van der Waals surface area contributed by atoms with Gasteiger partial charge in [-0.05, 0) is 36.4 Å². The van der Waals surface area contributed by atoms with E-state index in [-0.39, 0.29) is 0 Å². The summed E-state index contributed by atoms with van der Waals surface area (Å²) in [6, 6.07) is 17.9. The maximum atomic E-state index is 5.84. The predicted octanol–water partition coefficient (Wildman–Crippen LogP) is 3.49. The fourth-order valence-electron chi connectivity index (χ4n) is 2.17. The molecule has 0 aliphatic rings. The molecule has 3 rings (SSSR count). The van der Waals surface area contributed by atoms with Gasteiger partial charge in [-0.2, -0.15) is 5.10 Å². The molecule has 21 heavy (non-hydrogen) atoms. The van der Waals surface area contributed by atoms with Crippen molar-refractivity contribution in [1.82, 2.24) is 9.78 Å². The van der Waals surface area contributed by atoms with Crippen LogP contribution in [0.15, 0.2) is 67.0 Å². The minimum atomic E-state index is 0.540. The number of hydrogen-bond acceptors (Lipinski definition) is 3. The molecule has 0 bridgehead atoms. The van der Waals surface area contributed by atoms with E-state index < -0.39 is 0 Å². The Morgan fingerprint density at radius 3 is 2.57 bits per heavy atom. The number of para-hydroxylation sites is 1. The Labute approximate surface area is 124 Å². The second-order valence-corrected chi connectivity index (χ2v) is 4.64. The van der Waals surface area contributed by atoms with E-state index in [1.165, 1.54) is 0 Å². The Bertz CT molecular complexity index is 690. The zero-order valence-corrected chi connectivity index (χ0v) is 11.9. The van der Waals surface area contributed by atoms with E-state index >= 15 is 0 Å². The van der Waals surface area contributed by atoms with Crippen LogP contribution in [0.2, 0.25) is 0 Å². The zero-order valence-electron chi connectivity index (χ0n) is 11.9. The average molecular weight is 279 g/mol. The smallest absolute Gasteiger partial charge is 0.119 e. The van der Waals surface area contributed by atoms with Crippen LogP contribution >= 0.6 is 0 Å². The van der Waals surface area contributed by atoms with Crippen molar-refractivity contribution < 1.29 is 4.74 Å². The first-order valence-electron chi connectivity index (χ1n) is 6.85. The number of hydrogen-bond donors (Lipinski definition) is 1. The van der Waals surface area contributed by atoms with Gasteiger partial charge in [0.2, 0.25) is 0 Å². The van der Waals surface area contributed by atoms with Gasteiger partial charge in [-0.3, -0.25) is 0 Å². The number of nitrogens with one attached hydrogen (secondary N) is 1. The highest BCUT2D eigenvalue weighted by Gasteiger charge is 2.02. The second kappa shape index (κ2) is 6.13. The molecule has 0 saturated heterocycles. The predicted molar refractivity (Wildman–Crippen MR) is 83.9 cm³/mol. The molecule has 4 heteroatoms. The van der Waals surface area contributed by atoms with Crippen molar-refractivity contribution in [2.45, 2.75) is 6.61 Å². The van der Waals surface area contributed by atoms with Crippen LogP contribution in [0.3, 0.4) is 0 Å². The van der Waals surface area contributed by atoms with Crippen molar-refractivity contribution >= 4 is 5.69 Å². The summed E-state index contributed by atoms with van der Waals surface area (Å²) in [4.78, 5) is 0. The molecule has 106 valence electrons. The van der Waals surface area contributed by atoms with E-state index in [2.05, 4.69) is 16.5 Å². The van der Waals surface area contributed by atoms with Crippen LogP contribution in [0.1, 0.15) is 5.56 Å². The fourth-order valence-corrected chi connectivity index (χ4v) is 2.17. The summed E-state index contributed by atoms with van der Waals surface area (Å²) in [5, 5.41) is 7.37. The Kier molecular flexibility index (Phi) is 3.87. The first kappa shape index (κ1) is 13.2. The van der Waals surface area contributed by atoms with Crippen LogP contribution in [0.25, 0.3) is 5.69 Å². The lowest BCUT2D eigenvalue weighted by molar-refractivity contribution is 0.307. The van der Waals surface area contributed by atoms with Gasteiger partial charge in [-0.1, -0.05) is 18.2 Å². The molecule has 1 aromatic heterocycles. The number of anilines is 1. The lowest BCUT2D eigenvalue weighted by atomic mass is 10.2. The molecule has 0 atom stereocenters. The molecule has 0 radical (unpaired) electrons. The molecule has 0 aliphatic heterocycles. The monoisotopic (exact) mass is 279 g/mol. The van der Waals surface area contributed by atoms with Gasteiger partial charge in [0.05, 0.1) is 5.69 Å². The number of ether oxygens (including phenoxy) is 1. The Morgan fingerprint density at radius 2 is 1.86 bits per heavy atom. The van der Waals surface area contributed by atoms with Crippen molar-refractivity contribution in [2.75, 3.05) is 12.4 Å². The van der Waals surface area contributed by atoms with E-state index in [1.807, 2.05) is 66.5 Å². The van der Waals surface area contributed by atoms with Crippen LogP contribution in [-0.4, -0.2) is 16.8 Å². The van der Waals surface area contributed by atoms with Gasteiger partial charge < -0.3 is 10.1 Å². The maximum absolute atomic E-state index is 5.84. The van der Waals surface area contributed by atoms with Crippen molar-refractivity contribution in [3.63, 3.8) is 0 Å². The van der Waals surface area contributed by atoms with E-state index in [1.54, 1.807) is 6.20 Å². The zero-order chi connectivity index (χ0) is 14.5. The van der Waals surface area contributed by atoms with Crippen LogP contribution in [0, 0.1) is 0 Å². The minimum Gasteiger partial charge on any atom is -0.489 e. The summed E-state index contributed by atoms with van der Waals surface area (Å²) in [5.41, 5.74) is 3.24. The normalized spacial score (nSPS) is 10.3. The van der Waals surface area contributed by atoms with Crippen LogP contribution < -0.4 is 10.1 Å². The van der Waals surface area contributed by atoms with Gasteiger partial charge >= 0.3 is 0 Å². The molecule has 0 unspecified atom stereocenters. The van der Waals surface area contributed by atoms with E-state index in [4.69, 9.17) is 4.74 Å². The number of aromatic nitrogens is 2. The third-order valence-corrected chi connectivity index (χ3v) is 3.29. The van der Waals surface area contributed by atoms with Crippen molar-refractivity contribution in [1.29, 1.82) is 0 Å². The number of rotatable bonds is 5. The van der Waals surface area contributed by atoms with Gasteiger partial charge in [0, 0.05) is 30.7 Å². The van der Waals surface area contributed by atoms with Gasteiger partial charge in [-0.15, -0.1) is 0 Å². The molecule has 0 aliphatic carbocycles. The molecule has 1 N–H and O–H groups in total. The molecular formula is C17H17N3O. The van der Waals surface area contributed by atoms with E-state index in [0.717, 1.165) is 22.7 Å².